The van der Waals surface area contributed by atoms with Gasteiger partial charge in [0.2, 0.25) is 0 Å². The Morgan fingerprint density at radius 2 is 1.21 bits per heavy atom. The Balaban J connectivity index is 0.000000188. The first-order valence-corrected chi connectivity index (χ1v) is 10.9. The number of nitrogens with zero attached hydrogens (tertiary/aromatic N) is 2. The number of fused-ring (bicyclic) bond motifs is 1. The predicted octanol–water partition coefficient (Wildman–Crippen LogP) is 6.39. The van der Waals surface area contributed by atoms with Gasteiger partial charge in [-0.3, -0.25) is 0 Å². The van der Waals surface area contributed by atoms with Crippen LogP contribution in [0.3, 0.4) is 0 Å². The molecular formula is C31H28N2Pd-2. The molecule has 0 fully saturated rings. The second-order valence-electron chi connectivity index (χ2n) is 8.10. The van der Waals surface area contributed by atoms with Gasteiger partial charge in [-0.25, -0.2) is 0 Å². The second kappa shape index (κ2) is 11.0. The maximum Gasteiger partial charge on any atom is 0.0716 e. The minimum absolute atomic E-state index is 0. The van der Waals surface area contributed by atoms with E-state index < -0.39 is 0 Å². The van der Waals surface area contributed by atoms with Crippen molar-refractivity contribution in [2.45, 2.75) is 6.92 Å². The molecule has 3 heteroatoms. The SMILES string of the molecule is [CH2-]c1ccccc1-c1c2ccccc2cc[n+]1[CH2-].[CH2-]c1ccccc1-c1ccc(C)c[n+]1[CH2-].[Pd]. The van der Waals surface area contributed by atoms with Crippen LogP contribution >= 0.6 is 0 Å². The smallest absolute Gasteiger partial charge is 0.0716 e. The molecule has 0 aliphatic rings. The van der Waals surface area contributed by atoms with Gasteiger partial charge in [0.25, 0.3) is 0 Å². The van der Waals surface area contributed by atoms with E-state index in [1.807, 2.05) is 57.9 Å². The maximum atomic E-state index is 4.10. The summed E-state index contributed by atoms with van der Waals surface area (Å²) in [7, 11) is 8.06. The molecule has 0 N–H and O–H groups in total. The van der Waals surface area contributed by atoms with Gasteiger partial charge in [-0.05, 0) is 29.3 Å². The van der Waals surface area contributed by atoms with Gasteiger partial charge < -0.3 is 9.13 Å². The fourth-order valence-electron chi connectivity index (χ4n) is 3.99. The summed E-state index contributed by atoms with van der Waals surface area (Å²) in [6, 6.07) is 30.8. The third kappa shape index (κ3) is 5.29. The van der Waals surface area contributed by atoms with Crippen LogP contribution in [0, 0.1) is 34.9 Å². The molecule has 2 nitrogen and oxygen atoms in total. The summed E-state index contributed by atoms with van der Waals surface area (Å²) in [5.74, 6) is 0. The number of rotatable bonds is 2. The minimum Gasteiger partial charge on any atom is -0.343 e. The van der Waals surface area contributed by atoms with Gasteiger partial charge in [0.05, 0.1) is 23.8 Å². The van der Waals surface area contributed by atoms with Crippen LogP contribution in [0.4, 0.5) is 0 Å². The van der Waals surface area contributed by atoms with E-state index in [-0.39, 0.29) is 20.4 Å². The first-order valence-electron chi connectivity index (χ1n) is 10.9. The van der Waals surface area contributed by atoms with E-state index in [9.17, 15) is 0 Å². The van der Waals surface area contributed by atoms with Gasteiger partial charge in [-0.2, -0.15) is 37.1 Å². The molecule has 5 rings (SSSR count). The fourth-order valence-corrected chi connectivity index (χ4v) is 3.99. The Morgan fingerprint density at radius 1 is 0.618 bits per heavy atom. The molecule has 0 bridgehead atoms. The summed E-state index contributed by atoms with van der Waals surface area (Å²) in [4.78, 5) is 0. The Bertz CT molecular complexity index is 1420. The molecule has 174 valence electrons. The molecule has 3 aromatic carbocycles. The normalized spacial score (nSPS) is 10.1. The molecule has 0 saturated heterocycles. The van der Waals surface area contributed by atoms with Crippen LogP contribution < -0.4 is 9.13 Å². The molecule has 0 atom stereocenters. The largest absolute Gasteiger partial charge is 0.343 e. The van der Waals surface area contributed by atoms with Crippen molar-refractivity contribution >= 4 is 10.8 Å². The molecule has 0 unspecified atom stereocenters. The van der Waals surface area contributed by atoms with E-state index in [2.05, 4.69) is 89.5 Å². The van der Waals surface area contributed by atoms with E-state index in [0.717, 1.165) is 33.6 Å². The van der Waals surface area contributed by atoms with E-state index in [0.29, 0.717) is 0 Å². The Labute approximate surface area is 217 Å². The molecule has 2 heterocycles. The number of aromatic nitrogens is 2. The quantitative estimate of drug-likeness (QED) is 0.141. The number of benzene rings is 3. The average Bonchev–Trinajstić information content (AvgIpc) is 2.81. The van der Waals surface area contributed by atoms with Gasteiger partial charge >= 0.3 is 0 Å². The van der Waals surface area contributed by atoms with Crippen LogP contribution in [0.1, 0.15) is 16.7 Å². The summed E-state index contributed by atoms with van der Waals surface area (Å²) < 4.78 is 3.80. The summed E-state index contributed by atoms with van der Waals surface area (Å²) in [5.41, 5.74) is 7.71. The van der Waals surface area contributed by atoms with Crippen LogP contribution in [0.15, 0.2) is 103 Å². The van der Waals surface area contributed by atoms with Crippen molar-refractivity contribution in [3.8, 4) is 22.5 Å². The zero-order valence-corrected chi connectivity index (χ0v) is 20.9. The summed E-state index contributed by atoms with van der Waals surface area (Å²) >= 11 is 0. The van der Waals surface area contributed by atoms with E-state index >= 15 is 0 Å². The second-order valence-corrected chi connectivity index (χ2v) is 8.10. The van der Waals surface area contributed by atoms with Crippen LogP contribution in [-0.2, 0) is 20.4 Å². The van der Waals surface area contributed by atoms with Crippen molar-refractivity contribution in [1.82, 2.24) is 0 Å². The summed E-state index contributed by atoms with van der Waals surface area (Å²) in [5, 5.41) is 2.42. The molecule has 0 saturated carbocycles. The van der Waals surface area contributed by atoms with E-state index in [1.54, 1.807) is 0 Å². The van der Waals surface area contributed by atoms with E-state index in [4.69, 9.17) is 0 Å². The van der Waals surface area contributed by atoms with Crippen LogP contribution in [0.5, 0.6) is 0 Å². The monoisotopic (exact) mass is 534 g/mol. The molecule has 0 radical (unpaired) electrons. The summed E-state index contributed by atoms with van der Waals surface area (Å²) in [6.45, 7) is 10.2. The fraction of sp³-hybridized carbons (Fsp3) is 0.0323. The Morgan fingerprint density at radius 3 is 1.85 bits per heavy atom. The molecule has 0 amide bonds. The summed E-state index contributed by atoms with van der Waals surface area (Å²) in [6.07, 6.45) is 4.01. The van der Waals surface area contributed by atoms with Crippen molar-refractivity contribution in [3.05, 3.63) is 148 Å². The third-order valence-corrected chi connectivity index (χ3v) is 5.68. The molecular weight excluding hydrogens is 507 g/mol. The minimum atomic E-state index is 0. The van der Waals surface area contributed by atoms with Crippen molar-refractivity contribution in [2.24, 2.45) is 0 Å². The van der Waals surface area contributed by atoms with E-state index in [1.165, 1.54) is 16.3 Å². The van der Waals surface area contributed by atoms with Gasteiger partial charge in [0, 0.05) is 34.5 Å². The molecule has 2 aromatic heterocycles. The van der Waals surface area contributed by atoms with Crippen molar-refractivity contribution in [2.75, 3.05) is 0 Å². The molecule has 34 heavy (non-hydrogen) atoms. The number of pyridine rings is 2. The van der Waals surface area contributed by atoms with Crippen molar-refractivity contribution in [3.63, 3.8) is 0 Å². The zero-order chi connectivity index (χ0) is 23.4. The number of hydrogen-bond donors (Lipinski definition) is 0. The number of hydrogen-bond acceptors (Lipinski definition) is 0. The number of aryl methyl sites for hydroxylation is 1. The van der Waals surface area contributed by atoms with Crippen molar-refractivity contribution in [1.29, 1.82) is 0 Å². The Hall–Kier alpha value is -3.64. The third-order valence-electron chi connectivity index (χ3n) is 5.68. The van der Waals surface area contributed by atoms with Crippen LogP contribution in [-0.4, -0.2) is 0 Å². The van der Waals surface area contributed by atoms with Crippen LogP contribution in [0.2, 0.25) is 0 Å². The van der Waals surface area contributed by atoms with Gasteiger partial charge in [0.15, 0.2) is 0 Å². The van der Waals surface area contributed by atoms with Gasteiger partial charge in [0.1, 0.15) is 0 Å². The first kappa shape index (κ1) is 25.0. The van der Waals surface area contributed by atoms with Crippen molar-refractivity contribution < 1.29 is 29.6 Å². The van der Waals surface area contributed by atoms with Crippen LogP contribution in [0.25, 0.3) is 33.3 Å². The first-order chi connectivity index (χ1) is 16.0. The molecule has 0 aliphatic heterocycles. The molecule has 0 aliphatic carbocycles. The molecule has 0 spiro atoms. The predicted molar refractivity (Wildman–Crippen MR) is 137 cm³/mol. The topological polar surface area (TPSA) is 7.76 Å². The maximum absolute atomic E-state index is 4.10. The Kier molecular flexibility index (Phi) is 8.08. The average molecular weight is 535 g/mol. The standard InChI is InChI=1S/C17H14N.C14H14N.Pd/c1-13-7-3-5-9-15(13)17-16-10-6-4-8-14(16)11-12-18(17)2;1-11-8-9-14(15(3)10-11)13-7-5-4-6-12(13)2;/h3-12H,1-2H2;4-10H,2-3H2,1H3;/q2*-1;. The van der Waals surface area contributed by atoms with Gasteiger partial charge in [-0.1, -0.05) is 48.5 Å². The zero-order valence-electron chi connectivity index (χ0n) is 19.4. The molecule has 5 aromatic rings. The van der Waals surface area contributed by atoms with Gasteiger partial charge in [-0.15, -0.1) is 35.4 Å².